The van der Waals surface area contributed by atoms with E-state index < -0.39 is 0 Å². The molecule has 0 aromatic heterocycles. The molecule has 0 saturated carbocycles. The van der Waals surface area contributed by atoms with Crippen LogP contribution in [0, 0.1) is 11.2 Å². The summed E-state index contributed by atoms with van der Waals surface area (Å²) in [6.45, 7) is 6.61. The first-order chi connectivity index (χ1) is 8.44. The molecule has 0 heterocycles. The van der Waals surface area contributed by atoms with Gasteiger partial charge >= 0.3 is 0 Å². The van der Waals surface area contributed by atoms with E-state index in [-0.39, 0.29) is 11.2 Å². The minimum atomic E-state index is -0.238. The maximum Gasteiger partial charge on any atom is 0.123 e. The average molecular weight is 274 g/mol. The van der Waals surface area contributed by atoms with Gasteiger partial charge in [-0.2, -0.15) is 0 Å². The van der Waals surface area contributed by atoms with Gasteiger partial charge in [-0.05, 0) is 35.6 Å². The largest absolute Gasteiger partial charge is 0.383 e. The molecule has 0 aliphatic carbocycles. The van der Waals surface area contributed by atoms with Crippen molar-refractivity contribution in [2.75, 3.05) is 26.8 Å². The van der Waals surface area contributed by atoms with E-state index in [9.17, 15) is 4.39 Å². The van der Waals surface area contributed by atoms with E-state index in [0.29, 0.717) is 11.6 Å². The Kier molecular flexibility index (Phi) is 6.06. The lowest BCUT2D eigenvalue weighted by atomic mass is 9.85. The van der Waals surface area contributed by atoms with Crippen molar-refractivity contribution in [2.45, 2.75) is 20.3 Å². The molecule has 0 saturated heterocycles. The third kappa shape index (κ3) is 5.34. The van der Waals surface area contributed by atoms with Gasteiger partial charge in [0.15, 0.2) is 0 Å². The second-order valence-corrected chi connectivity index (χ2v) is 5.65. The Morgan fingerprint density at radius 3 is 2.78 bits per heavy atom. The van der Waals surface area contributed by atoms with Crippen molar-refractivity contribution in [1.29, 1.82) is 0 Å². The number of ether oxygens (including phenoxy) is 1. The Bertz CT molecular complexity index is 382. The van der Waals surface area contributed by atoms with Crippen LogP contribution in [0.2, 0.25) is 5.02 Å². The van der Waals surface area contributed by atoms with Gasteiger partial charge in [0.25, 0.3) is 0 Å². The van der Waals surface area contributed by atoms with Crippen molar-refractivity contribution in [3.8, 4) is 0 Å². The molecule has 1 N–H and O–H groups in total. The number of methoxy groups -OCH3 is 1. The molecule has 0 radical (unpaired) electrons. The Morgan fingerprint density at radius 2 is 2.11 bits per heavy atom. The highest BCUT2D eigenvalue weighted by atomic mass is 35.5. The second-order valence-electron chi connectivity index (χ2n) is 5.25. The van der Waals surface area contributed by atoms with Crippen LogP contribution >= 0.6 is 11.6 Å². The summed E-state index contributed by atoms with van der Waals surface area (Å²) in [5.74, 6) is -0.238. The highest BCUT2D eigenvalue weighted by molar-refractivity contribution is 6.31. The van der Waals surface area contributed by atoms with Gasteiger partial charge in [0.05, 0.1) is 6.61 Å². The van der Waals surface area contributed by atoms with Gasteiger partial charge in [0.1, 0.15) is 5.82 Å². The lowest BCUT2D eigenvalue weighted by Crippen LogP contribution is -2.33. The summed E-state index contributed by atoms with van der Waals surface area (Å²) in [7, 11) is 1.68. The molecule has 1 aromatic rings. The standard InChI is InChI=1S/C14H21ClFNO/c1-14(2,10-17-6-7-18-3)9-11-8-12(16)4-5-13(11)15/h4-5,8,17H,6-7,9-10H2,1-3H3. The topological polar surface area (TPSA) is 21.3 Å². The van der Waals surface area contributed by atoms with Crippen molar-refractivity contribution in [3.63, 3.8) is 0 Å². The van der Waals surface area contributed by atoms with E-state index in [2.05, 4.69) is 19.2 Å². The first kappa shape index (κ1) is 15.4. The zero-order valence-corrected chi connectivity index (χ0v) is 12.0. The predicted molar refractivity (Wildman–Crippen MR) is 73.6 cm³/mol. The van der Waals surface area contributed by atoms with Crippen molar-refractivity contribution in [3.05, 3.63) is 34.6 Å². The number of nitrogens with one attached hydrogen (secondary N) is 1. The molecule has 2 nitrogen and oxygen atoms in total. The maximum absolute atomic E-state index is 13.2. The molecule has 0 bridgehead atoms. The SMILES string of the molecule is COCCNCC(C)(C)Cc1cc(F)ccc1Cl. The van der Waals surface area contributed by atoms with Crippen molar-refractivity contribution in [2.24, 2.45) is 5.41 Å². The first-order valence-electron chi connectivity index (χ1n) is 6.08. The van der Waals surface area contributed by atoms with Crippen molar-refractivity contribution < 1.29 is 9.13 Å². The Labute approximate surface area is 113 Å². The normalized spacial score (nSPS) is 11.8. The molecule has 18 heavy (non-hydrogen) atoms. The lowest BCUT2D eigenvalue weighted by Gasteiger charge is -2.25. The van der Waals surface area contributed by atoms with E-state index >= 15 is 0 Å². The number of rotatable bonds is 7. The van der Waals surface area contributed by atoms with Crippen LogP contribution in [0.1, 0.15) is 19.4 Å². The van der Waals surface area contributed by atoms with Crippen LogP contribution in [0.4, 0.5) is 4.39 Å². The molecular formula is C14H21ClFNO. The predicted octanol–water partition coefficient (Wildman–Crippen LogP) is 3.28. The molecule has 0 atom stereocenters. The van der Waals surface area contributed by atoms with Crippen LogP contribution < -0.4 is 5.32 Å². The fourth-order valence-corrected chi connectivity index (χ4v) is 2.04. The van der Waals surface area contributed by atoms with Gasteiger partial charge in [0, 0.05) is 25.2 Å². The first-order valence-corrected chi connectivity index (χ1v) is 6.46. The number of halogens is 2. The van der Waals surface area contributed by atoms with E-state index in [4.69, 9.17) is 16.3 Å². The third-order valence-corrected chi connectivity index (χ3v) is 3.13. The smallest absolute Gasteiger partial charge is 0.123 e. The van der Waals surface area contributed by atoms with Crippen molar-refractivity contribution >= 4 is 11.6 Å². The fraction of sp³-hybridized carbons (Fsp3) is 0.571. The highest BCUT2D eigenvalue weighted by Gasteiger charge is 2.19. The average Bonchev–Trinajstić information content (AvgIpc) is 2.29. The van der Waals surface area contributed by atoms with Gasteiger partial charge in [-0.1, -0.05) is 25.4 Å². The minimum Gasteiger partial charge on any atom is -0.383 e. The van der Waals surface area contributed by atoms with Crippen LogP contribution in [0.3, 0.4) is 0 Å². The summed E-state index contributed by atoms with van der Waals surface area (Å²) < 4.78 is 18.2. The number of hydrogen-bond donors (Lipinski definition) is 1. The molecule has 1 aromatic carbocycles. The molecule has 0 spiro atoms. The van der Waals surface area contributed by atoms with Crippen LogP contribution in [0.25, 0.3) is 0 Å². The van der Waals surface area contributed by atoms with E-state index in [0.717, 1.165) is 25.1 Å². The lowest BCUT2D eigenvalue weighted by molar-refractivity contribution is 0.194. The monoisotopic (exact) mass is 273 g/mol. The summed E-state index contributed by atoms with van der Waals surface area (Å²) >= 11 is 6.08. The summed E-state index contributed by atoms with van der Waals surface area (Å²) in [5, 5.41) is 3.95. The molecule has 0 aliphatic rings. The molecule has 0 aliphatic heterocycles. The molecular weight excluding hydrogens is 253 g/mol. The zero-order valence-electron chi connectivity index (χ0n) is 11.2. The van der Waals surface area contributed by atoms with Crippen LogP contribution in [-0.4, -0.2) is 26.8 Å². The molecule has 4 heteroatoms. The van der Waals surface area contributed by atoms with Gasteiger partial charge in [-0.25, -0.2) is 4.39 Å². The Morgan fingerprint density at radius 1 is 1.39 bits per heavy atom. The van der Waals surface area contributed by atoms with E-state index in [1.165, 1.54) is 12.1 Å². The Hall–Kier alpha value is -0.640. The number of hydrogen-bond acceptors (Lipinski definition) is 2. The summed E-state index contributed by atoms with van der Waals surface area (Å²) in [6.07, 6.45) is 0.740. The highest BCUT2D eigenvalue weighted by Crippen LogP contribution is 2.26. The van der Waals surface area contributed by atoms with Crippen LogP contribution in [0.15, 0.2) is 18.2 Å². The van der Waals surface area contributed by atoms with E-state index in [1.807, 2.05) is 0 Å². The molecule has 0 fully saturated rings. The van der Waals surface area contributed by atoms with Gasteiger partial charge < -0.3 is 10.1 Å². The number of benzene rings is 1. The molecule has 0 amide bonds. The third-order valence-electron chi connectivity index (χ3n) is 2.76. The molecule has 0 unspecified atom stereocenters. The zero-order chi connectivity index (χ0) is 13.6. The molecule has 102 valence electrons. The van der Waals surface area contributed by atoms with Gasteiger partial charge in [0.2, 0.25) is 0 Å². The maximum atomic E-state index is 13.2. The second kappa shape index (κ2) is 7.07. The molecule has 1 rings (SSSR count). The Balaban J connectivity index is 2.55. The fourth-order valence-electron chi connectivity index (χ4n) is 1.86. The summed E-state index contributed by atoms with van der Waals surface area (Å²) in [5.41, 5.74) is 0.876. The summed E-state index contributed by atoms with van der Waals surface area (Å²) in [4.78, 5) is 0. The van der Waals surface area contributed by atoms with Gasteiger partial charge in [-0.3, -0.25) is 0 Å². The summed E-state index contributed by atoms with van der Waals surface area (Å²) in [6, 6.07) is 4.51. The minimum absolute atomic E-state index is 0.0190. The quantitative estimate of drug-likeness (QED) is 0.770. The van der Waals surface area contributed by atoms with Crippen LogP contribution in [-0.2, 0) is 11.2 Å². The van der Waals surface area contributed by atoms with E-state index in [1.54, 1.807) is 13.2 Å². The van der Waals surface area contributed by atoms with Gasteiger partial charge in [-0.15, -0.1) is 0 Å². The van der Waals surface area contributed by atoms with Crippen molar-refractivity contribution in [1.82, 2.24) is 5.32 Å². The van der Waals surface area contributed by atoms with Crippen LogP contribution in [0.5, 0.6) is 0 Å².